The Morgan fingerprint density at radius 1 is 1.39 bits per heavy atom. The van der Waals surface area contributed by atoms with Crippen LogP contribution in [-0.2, 0) is 4.79 Å². The van der Waals surface area contributed by atoms with E-state index in [0.717, 1.165) is 6.42 Å². The van der Waals surface area contributed by atoms with Crippen LogP contribution >= 0.6 is 0 Å². The van der Waals surface area contributed by atoms with E-state index in [1.54, 1.807) is 4.90 Å². The fraction of sp³-hybridized carbons (Fsp3) is 0.917. The first-order valence-corrected chi connectivity index (χ1v) is 6.43. The van der Waals surface area contributed by atoms with Crippen molar-refractivity contribution < 1.29 is 18.0 Å². The van der Waals surface area contributed by atoms with Gasteiger partial charge in [0.25, 0.3) is 0 Å². The molecule has 106 valence electrons. The summed E-state index contributed by atoms with van der Waals surface area (Å²) in [5.74, 6) is -1.18. The lowest BCUT2D eigenvalue weighted by Crippen LogP contribution is -2.42. The van der Waals surface area contributed by atoms with Crippen molar-refractivity contribution in [3.05, 3.63) is 0 Å². The maximum absolute atomic E-state index is 12.5. The van der Waals surface area contributed by atoms with Gasteiger partial charge in [-0.2, -0.15) is 13.2 Å². The van der Waals surface area contributed by atoms with E-state index >= 15 is 0 Å². The Morgan fingerprint density at radius 3 is 2.33 bits per heavy atom. The number of amides is 1. The summed E-state index contributed by atoms with van der Waals surface area (Å²) >= 11 is 0. The minimum absolute atomic E-state index is 0.0225. The van der Waals surface area contributed by atoms with Crippen molar-refractivity contribution in [2.45, 2.75) is 38.8 Å². The first-order chi connectivity index (χ1) is 8.38. The number of likely N-dealkylation sites (tertiary alicyclic amines) is 1. The maximum Gasteiger partial charge on any atom is 0.391 e. The quantitative estimate of drug-likeness (QED) is 0.847. The Morgan fingerprint density at radius 2 is 1.94 bits per heavy atom. The number of carbonyl (C=O) groups excluding carboxylic acids is 1. The molecule has 0 spiro atoms. The van der Waals surface area contributed by atoms with E-state index in [2.05, 4.69) is 0 Å². The third kappa shape index (κ3) is 4.15. The highest BCUT2D eigenvalue weighted by molar-refractivity contribution is 5.76. The Hall–Kier alpha value is -0.780. The van der Waals surface area contributed by atoms with Crippen LogP contribution in [0.2, 0.25) is 0 Å². The minimum Gasteiger partial charge on any atom is -0.343 e. The number of carbonyl (C=O) groups is 1. The van der Waals surface area contributed by atoms with Crippen molar-refractivity contribution in [3.8, 4) is 0 Å². The van der Waals surface area contributed by atoms with Gasteiger partial charge in [-0.05, 0) is 25.3 Å². The van der Waals surface area contributed by atoms with Crippen LogP contribution in [0.25, 0.3) is 0 Å². The SMILES string of the molecule is CCC(CN)CC(=O)N1CCC(C(F)(F)F)CC1. The highest BCUT2D eigenvalue weighted by Gasteiger charge is 2.41. The Bertz CT molecular complexity index is 269. The van der Waals surface area contributed by atoms with Crippen molar-refractivity contribution in [2.75, 3.05) is 19.6 Å². The van der Waals surface area contributed by atoms with Gasteiger partial charge in [0.1, 0.15) is 0 Å². The summed E-state index contributed by atoms with van der Waals surface area (Å²) in [4.78, 5) is 13.4. The van der Waals surface area contributed by atoms with Crippen LogP contribution in [0.15, 0.2) is 0 Å². The number of rotatable bonds is 4. The standard InChI is InChI=1S/C12H21F3N2O/c1-2-9(8-16)7-11(18)17-5-3-10(4-6-17)12(13,14)15/h9-10H,2-8,16H2,1H3. The molecule has 1 aliphatic heterocycles. The van der Waals surface area contributed by atoms with Gasteiger partial charge in [-0.1, -0.05) is 13.3 Å². The summed E-state index contributed by atoms with van der Waals surface area (Å²) in [6.07, 6.45) is -2.91. The van der Waals surface area contributed by atoms with Crippen LogP contribution in [0.5, 0.6) is 0 Å². The molecule has 0 aliphatic carbocycles. The van der Waals surface area contributed by atoms with E-state index in [-0.39, 0.29) is 37.8 Å². The molecule has 0 radical (unpaired) electrons. The summed E-state index contributed by atoms with van der Waals surface area (Å²) in [7, 11) is 0. The smallest absolute Gasteiger partial charge is 0.343 e. The fourth-order valence-corrected chi connectivity index (χ4v) is 2.23. The molecule has 2 N–H and O–H groups in total. The van der Waals surface area contributed by atoms with E-state index in [4.69, 9.17) is 5.73 Å². The van der Waals surface area contributed by atoms with Crippen LogP contribution in [0.1, 0.15) is 32.6 Å². The molecular weight excluding hydrogens is 245 g/mol. The lowest BCUT2D eigenvalue weighted by molar-refractivity contribution is -0.186. The largest absolute Gasteiger partial charge is 0.391 e. The molecule has 1 saturated heterocycles. The number of nitrogens with zero attached hydrogens (tertiary/aromatic N) is 1. The lowest BCUT2D eigenvalue weighted by Gasteiger charge is -2.33. The highest BCUT2D eigenvalue weighted by atomic mass is 19.4. The van der Waals surface area contributed by atoms with Gasteiger partial charge < -0.3 is 10.6 Å². The zero-order chi connectivity index (χ0) is 13.8. The van der Waals surface area contributed by atoms with Crippen LogP contribution in [-0.4, -0.2) is 36.6 Å². The molecule has 1 rings (SSSR count). The second kappa shape index (κ2) is 6.41. The number of alkyl halides is 3. The van der Waals surface area contributed by atoms with E-state index in [1.807, 2.05) is 6.92 Å². The van der Waals surface area contributed by atoms with E-state index in [0.29, 0.717) is 13.0 Å². The minimum atomic E-state index is -4.13. The van der Waals surface area contributed by atoms with E-state index in [9.17, 15) is 18.0 Å². The predicted molar refractivity (Wildman–Crippen MR) is 62.8 cm³/mol. The monoisotopic (exact) mass is 266 g/mol. The second-order valence-corrected chi connectivity index (χ2v) is 4.91. The predicted octanol–water partition coefficient (Wildman–Crippen LogP) is 2.16. The third-order valence-corrected chi connectivity index (χ3v) is 3.68. The molecule has 1 fully saturated rings. The van der Waals surface area contributed by atoms with Gasteiger partial charge in [-0.15, -0.1) is 0 Å². The number of nitrogens with two attached hydrogens (primary N) is 1. The van der Waals surface area contributed by atoms with Crippen molar-refractivity contribution in [2.24, 2.45) is 17.6 Å². The number of hydrogen-bond donors (Lipinski definition) is 1. The summed E-state index contributed by atoms with van der Waals surface area (Å²) in [6.45, 7) is 2.83. The summed E-state index contributed by atoms with van der Waals surface area (Å²) < 4.78 is 37.4. The van der Waals surface area contributed by atoms with Crippen molar-refractivity contribution in [1.29, 1.82) is 0 Å². The zero-order valence-electron chi connectivity index (χ0n) is 10.7. The van der Waals surface area contributed by atoms with E-state index < -0.39 is 12.1 Å². The van der Waals surface area contributed by atoms with Crippen LogP contribution < -0.4 is 5.73 Å². The van der Waals surface area contributed by atoms with Crippen molar-refractivity contribution in [1.82, 2.24) is 4.90 Å². The average molecular weight is 266 g/mol. The van der Waals surface area contributed by atoms with Gasteiger partial charge in [-0.25, -0.2) is 0 Å². The zero-order valence-corrected chi connectivity index (χ0v) is 10.7. The number of hydrogen-bond acceptors (Lipinski definition) is 2. The molecular formula is C12H21F3N2O. The molecule has 18 heavy (non-hydrogen) atoms. The molecule has 1 aliphatic rings. The van der Waals surface area contributed by atoms with Gasteiger partial charge in [-0.3, -0.25) is 4.79 Å². The summed E-state index contributed by atoms with van der Waals surface area (Å²) in [5, 5.41) is 0. The molecule has 1 atom stereocenters. The molecule has 0 bridgehead atoms. The lowest BCUT2D eigenvalue weighted by atomic mass is 9.95. The van der Waals surface area contributed by atoms with Crippen LogP contribution in [0.3, 0.4) is 0 Å². The fourth-order valence-electron chi connectivity index (χ4n) is 2.23. The first-order valence-electron chi connectivity index (χ1n) is 6.43. The molecule has 0 aromatic rings. The maximum atomic E-state index is 12.5. The molecule has 0 aromatic carbocycles. The van der Waals surface area contributed by atoms with Crippen molar-refractivity contribution in [3.63, 3.8) is 0 Å². The van der Waals surface area contributed by atoms with Crippen LogP contribution in [0.4, 0.5) is 13.2 Å². The molecule has 1 amide bonds. The molecule has 1 heterocycles. The average Bonchev–Trinajstić information content (AvgIpc) is 2.34. The molecule has 0 saturated carbocycles. The van der Waals surface area contributed by atoms with Gasteiger partial charge in [0, 0.05) is 19.5 Å². The normalized spacial score (nSPS) is 19.9. The van der Waals surface area contributed by atoms with E-state index in [1.165, 1.54) is 0 Å². The molecule has 6 heteroatoms. The molecule has 0 aromatic heterocycles. The van der Waals surface area contributed by atoms with Gasteiger partial charge >= 0.3 is 6.18 Å². The molecule has 1 unspecified atom stereocenters. The van der Waals surface area contributed by atoms with Gasteiger partial charge in [0.2, 0.25) is 5.91 Å². The first kappa shape index (κ1) is 15.3. The number of piperidine rings is 1. The second-order valence-electron chi connectivity index (χ2n) is 4.91. The van der Waals surface area contributed by atoms with Gasteiger partial charge in [0.15, 0.2) is 0 Å². The highest BCUT2D eigenvalue weighted by Crippen LogP contribution is 2.34. The Balaban J connectivity index is 2.41. The summed E-state index contributed by atoms with van der Waals surface area (Å²) in [5.41, 5.74) is 5.52. The number of halogens is 3. The van der Waals surface area contributed by atoms with Crippen molar-refractivity contribution >= 4 is 5.91 Å². The molecule has 3 nitrogen and oxygen atoms in total. The Labute approximate surface area is 106 Å². The Kier molecular flexibility index (Phi) is 5.44. The van der Waals surface area contributed by atoms with Crippen LogP contribution in [0, 0.1) is 11.8 Å². The summed E-state index contributed by atoms with van der Waals surface area (Å²) in [6, 6.07) is 0. The van der Waals surface area contributed by atoms with Gasteiger partial charge in [0.05, 0.1) is 5.92 Å². The third-order valence-electron chi connectivity index (χ3n) is 3.68. The topological polar surface area (TPSA) is 46.3 Å².